The molecule has 1 aromatic carbocycles. The van der Waals surface area contributed by atoms with Crippen molar-refractivity contribution < 1.29 is 31.5 Å². The zero-order valence-corrected chi connectivity index (χ0v) is 13.4. The Morgan fingerprint density at radius 3 is 2.43 bits per heavy atom. The maximum Gasteiger partial charge on any atom is 0.416 e. The number of carboxylic acids is 1. The lowest BCUT2D eigenvalue weighted by Crippen LogP contribution is -2.45. The maximum absolute atomic E-state index is 12.6. The molecule has 9 heteroatoms. The lowest BCUT2D eigenvalue weighted by atomic mass is 10.0. The van der Waals surface area contributed by atoms with Crippen molar-refractivity contribution in [2.75, 3.05) is 0 Å². The van der Waals surface area contributed by atoms with Crippen LogP contribution in [0.4, 0.5) is 13.2 Å². The van der Waals surface area contributed by atoms with E-state index in [2.05, 4.69) is 0 Å². The van der Waals surface area contributed by atoms with Gasteiger partial charge in [-0.25, -0.2) is 13.1 Å². The molecule has 2 N–H and O–H groups in total. The van der Waals surface area contributed by atoms with Gasteiger partial charge in [0.2, 0.25) is 10.0 Å². The Bertz CT molecular complexity index is 658. The number of aliphatic carboxylic acids is 1. The highest BCUT2D eigenvalue weighted by atomic mass is 32.2. The molecule has 0 saturated carbocycles. The van der Waals surface area contributed by atoms with Crippen LogP contribution in [0.2, 0.25) is 0 Å². The molecule has 0 bridgehead atoms. The molecule has 0 amide bonds. The number of carbonyl (C=O) groups is 1. The lowest BCUT2D eigenvalue weighted by molar-refractivity contribution is -0.140. The van der Waals surface area contributed by atoms with Crippen molar-refractivity contribution in [3.8, 4) is 0 Å². The molecule has 1 rings (SSSR count). The van der Waals surface area contributed by atoms with Crippen LogP contribution in [0.1, 0.15) is 31.4 Å². The number of rotatable bonds is 7. The summed E-state index contributed by atoms with van der Waals surface area (Å²) in [6.45, 7) is 3.29. The molecule has 0 spiro atoms. The summed E-state index contributed by atoms with van der Waals surface area (Å²) in [7, 11) is -4.09. The highest BCUT2D eigenvalue weighted by Crippen LogP contribution is 2.29. The topological polar surface area (TPSA) is 83.5 Å². The van der Waals surface area contributed by atoms with E-state index >= 15 is 0 Å². The van der Waals surface area contributed by atoms with E-state index in [-0.39, 0.29) is 5.56 Å². The summed E-state index contributed by atoms with van der Waals surface area (Å²) >= 11 is 0. The summed E-state index contributed by atoms with van der Waals surface area (Å²) in [5.74, 6) is -2.51. The van der Waals surface area contributed by atoms with Gasteiger partial charge in [-0.05, 0) is 17.5 Å². The summed E-state index contributed by atoms with van der Waals surface area (Å²) in [5.41, 5.74) is -1.03. The van der Waals surface area contributed by atoms with Crippen LogP contribution in [-0.2, 0) is 26.7 Å². The summed E-state index contributed by atoms with van der Waals surface area (Å²) in [6, 6.07) is 2.60. The molecule has 0 unspecified atom stereocenters. The van der Waals surface area contributed by atoms with E-state index in [1.807, 2.05) is 4.72 Å². The highest BCUT2D eigenvalue weighted by molar-refractivity contribution is 7.88. The number of benzene rings is 1. The van der Waals surface area contributed by atoms with Gasteiger partial charge < -0.3 is 5.11 Å². The van der Waals surface area contributed by atoms with E-state index in [0.717, 1.165) is 18.2 Å². The number of halogens is 3. The number of alkyl halides is 3. The molecule has 0 heterocycles. The minimum atomic E-state index is -4.58. The fourth-order valence-corrected chi connectivity index (χ4v) is 3.36. The summed E-state index contributed by atoms with van der Waals surface area (Å²) in [4.78, 5) is 11.1. The Balaban J connectivity index is 2.96. The Morgan fingerprint density at radius 2 is 1.96 bits per heavy atom. The normalized spacial score (nSPS) is 15.2. The summed E-state index contributed by atoms with van der Waals surface area (Å²) in [6.07, 6.45) is -4.14. The second kappa shape index (κ2) is 7.31. The third kappa shape index (κ3) is 5.83. The smallest absolute Gasteiger partial charge is 0.416 e. The molecule has 0 aliphatic carbocycles. The second-order valence-electron chi connectivity index (χ2n) is 5.28. The summed E-state index contributed by atoms with van der Waals surface area (Å²) < 4.78 is 64.0. The molecule has 5 nitrogen and oxygen atoms in total. The molecule has 0 aromatic heterocycles. The van der Waals surface area contributed by atoms with Crippen molar-refractivity contribution in [1.29, 1.82) is 0 Å². The fourth-order valence-electron chi connectivity index (χ4n) is 1.94. The zero-order chi connectivity index (χ0) is 17.8. The molecule has 0 saturated heterocycles. The van der Waals surface area contributed by atoms with Gasteiger partial charge >= 0.3 is 12.1 Å². The second-order valence-corrected chi connectivity index (χ2v) is 7.03. The van der Waals surface area contributed by atoms with Gasteiger partial charge in [-0.1, -0.05) is 38.5 Å². The van der Waals surface area contributed by atoms with E-state index < -0.39 is 45.4 Å². The molecule has 2 atom stereocenters. The van der Waals surface area contributed by atoms with Crippen molar-refractivity contribution in [1.82, 2.24) is 4.72 Å². The van der Waals surface area contributed by atoms with Crippen molar-refractivity contribution >= 4 is 16.0 Å². The first-order valence-electron chi connectivity index (χ1n) is 6.85. The Labute approximate surface area is 132 Å². The standard InChI is InChI=1S/C14H18F3NO4S/c1-3-9(2)12(13(19)20)18-23(21,22)8-10-5-4-6-11(7-10)14(15,16)17/h4-7,9,12,18H,3,8H2,1-2H3,(H,19,20)/t9-,12-/m0/s1. The Hall–Kier alpha value is -1.61. The van der Waals surface area contributed by atoms with Crippen molar-refractivity contribution in [2.45, 2.75) is 38.2 Å². The first kappa shape index (κ1) is 19.4. The number of nitrogens with one attached hydrogen (secondary N) is 1. The predicted molar refractivity (Wildman–Crippen MR) is 78.1 cm³/mol. The molecular formula is C14H18F3NO4S. The van der Waals surface area contributed by atoms with Crippen molar-refractivity contribution in [2.24, 2.45) is 5.92 Å². The van der Waals surface area contributed by atoms with Crippen LogP contribution in [0.5, 0.6) is 0 Å². The van der Waals surface area contributed by atoms with Gasteiger partial charge in [0.15, 0.2) is 0 Å². The first-order valence-corrected chi connectivity index (χ1v) is 8.50. The Kier molecular flexibility index (Phi) is 6.18. The molecular weight excluding hydrogens is 335 g/mol. The van der Waals surface area contributed by atoms with Crippen LogP contribution in [0, 0.1) is 5.92 Å². The van der Waals surface area contributed by atoms with Gasteiger partial charge in [0.1, 0.15) is 6.04 Å². The fraction of sp³-hybridized carbons (Fsp3) is 0.500. The van der Waals surface area contributed by atoms with Gasteiger partial charge in [-0.2, -0.15) is 13.2 Å². The van der Waals surface area contributed by atoms with E-state index in [1.165, 1.54) is 6.07 Å². The average Bonchev–Trinajstić information content (AvgIpc) is 2.42. The largest absolute Gasteiger partial charge is 0.480 e. The molecule has 130 valence electrons. The lowest BCUT2D eigenvalue weighted by Gasteiger charge is -2.20. The number of sulfonamides is 1. The predicted octanol–water partition coefficient (Wildman–Crippen LogP) is 2.62. The van der Waals surface area contributed by atoms with Crippen molar-refractivity contribution in [3.05, 3.63) is 35.4 Å². The molecule has 0 aliphatic rings. The van der Waals surface area contributed by atoms with Gasteiger partial charge in [0.05, 0.1) is 11.3 Å². The number of carboxylic acid groups (broad SMARTS) is 1. The van der Waals surface area contributed by atoms with Crippen LogP contribution >= 0.6 is 0 Å². The maximum atomic E-state index is 12.6. The third-order valence-corrected chi connectivity index (χ3v) is 4.72. The molecule has 0 fully saturated rings. The molecule has 0 aliphatic heterocycles. The molecule has 1 aromatic rings. The van der Waals surface area contributed by atoms with E-state index in [4.69, 9.17) is 5.11 Å². The van der Waals surface area contributed by atoms with Gasteiger partial charge in [0.25, 0.3) is 0 Å². The third-order valence-electron chi connectivity index (χ3n) is 3.40. The summed E-state index contributed by atoms with van der Waals surface area (Å²) in [5, 5.41) is 9.08. The highest BCUT2D eigenvalue weighted by Gasteiger charge is 2.32. The molecule has 0 radical (unpaired) electrons. The van der Waals surface area contributed by atoms with Gasteiger partial charge in [0, 0.05) is 0 Å². The number of hydrogen-bond donors (Lipinski definition) is 2. The average molecular weight is 353 g/mol. The SMILES string of the molecule is CC[C@H](C)[C@H](NS(=O)(=O)Cc1cccc(C(F)(F)F)c1)C(=O)O. The quantitative estimate of drug-likeness (QED) is 0.789. The van der Waals surface area contributed by atoms with E-state index in [9.17, 15) is 26.4 Å². The van der Waals surface area contributed by atoms with Crippen LogP contribution in [0.25, 0.3) is 0 Å². The first-order chi connectivity index (χ1) is 10.5. The molecule has 23 heavy (non-hydrogen) atoms. The van der Waals surface area contributed by atoms with Crippen LogP contribution in [0.15, 0.2) is 24.3 Å². The Morgan fingerprint density at radius 1 is 1.35 bits per heavy atom. The zero-order valence-electron chi connectivity index (χ0n) is 12.6. The number of hydrogen-bond acceptors (Lipinski definition) is 3. The van der Waals surface area contributed by atoms with Gasteiger partial charge in [-0.15, -0.1) is 0 Å². The van der Waals surface area contributed by atoms with Crippen LogP contribution in [0.3, 0.4) is 0 Å². The van der Waals surface area contributed by atoms with Gasteiger partial charge in [-0.3, -0.25) is 4.79 Å². The van der Waals surface area contributed by atoms with E-state index in [0.29, 0.717) is 6.42 Å². The van der Waals surface area contributed by atoms with Crippen LogP contribution in [-0.4, -0.2) is 25.5 Å². The monoisotopic (exact) mass is 353 g/mol. The van der Waals surface area contributed by atoms with E-state index in [1.54, 1.807) is 13.8 Å². The van der Waals surface area contributed by atoms with Crippen LogP contribution < -0.4 is 4.72 Å². The minimum Gasteiger partial charge on any atom is -0.480 e. The minimum absolute atomic E-state index is 0.0689. The van der Waals surface area contributed by atoms with Crippen molar-refractivity contribution in [3.63, 3.8) is 0 Å².